The molecule has 2 aliphatic heterocycles. The smallest absolute Gasteiger partial charge is 0.188 e. The molecule has 0 aromatic carbocycles. The largest absolute Gasteiger partial charge is 0.479 e. The number of rotatable bonds is 0. The Hall–Kier alpha value is -1.06. The Bertz CT molecular complexity index is 314. The summed E-state index contributed by atoms with van der Waals surface area (Å²) in [7, 11) is 0. The van der Waals surface area contributed by atoms with E-state index in [2.05, 4.69) is 51.7 Å². The zero-order chi connectivity index (χ0) is 13.8. The molecule has 0 amide bonds. The predicted octanol–water partition coefficient (Wildman–Crippen LogP) is 3.27. The van der Waals surface area contributed by atoms with Crippen LogP contribution in [0.15, 0.2) is 10.1 Å². The summed E-state index contributed by atoms with van der Waals surface area (Å²) in [5.74, 6) is 0.905. The van der Waals surface area contributed by atoms with Crippen molar-refractivity contribution >= 4 is 12.1 Å². The second-order valence-corrected chi connectivity index (χ2v) is 6.77. The van der Waals surface area contributed by atoms with Crippen LogP contribution in [0, 0.1) is 10.8 Å². The van der Waals surface area contributed by atoms with Gasteiger partial charge in [0.05, 0.1) is 6.54 Å². The molecule has 2 heterocycles. The second kappa shape index (κ2) is 5.72. The highest BCUT2D eigenvalue weighted by Crippen LogP contribution is 2.26. The first-order chi connectivity index (χ1) is 8.21. The fourth-order valence-corrected chi connectivity index (χ4v) is 1.60. The van der Waals surface area contributed by atoms with Crippen molar-refractivity contribution in [2.75, 3.05) is 13.2 Å². The van der Waals surface area contributed by atoms with Crippen LogP contribution in [0.1, 0.15) is 48.0 Å². The molecule has 0 aromatic rings. The maximum atomic E-state index is 5.27. The highest BCUT2D eigenvalue weighted by molar-refractivity contribution is 5.82. The van der Waals surface area contributed by atoms with Crippen LogP contribution in [0.25, 0.3) is 0 Å². The Morgan fingerprint density at radius 3 is 2.06 bits per heavy atom. The summed E-state index contributed by atoms with van der Waals surface area (Å²) < 4.78 is 5.27. The molecule has 2 rings (SSSR count). The highest BCUT2D eigenvalue weighted by Gasteiger charge is 2.28. The Kier molecular flexibility index (Phi) is 4.77. The van der Waals surface area contributed by atoms with Crippen molar-refractivity contribution < 1.29 is 9.57 Å². The summed E-state index contributed by atoms with van der Waals surface area (Å²) in [6.45, 7) is 14.4. The summed E-state index contributed by atoms with van der Waals surface area (Å²) in [5.41, 5.74) is 0.340. The standard InChI is InChI=1S/2C7H13NO/c1-7(2,3)6-8-4-5-9-6;1-7(2,3)6-4-5-8-9-6/h4-5H2,1-3H3;5-6H,4H2,1-3H3. The molecule has 0 radical (unpaired) electrons. The van der Waals surface area contributed by atoms with Gasteiger partial charge in [0.25, 0.3) is 0 Å². The first kappa shape index (κ1) is 15.0. The first-order valence-electron chi connectivity index (χ1n) is 6.56. The van der Waals surface area contributed by atoms with Crippen LogP contribution in [0.4, 0.5) is 0 Å². The van der Waals surface area contributed by atoms with Crippen LogP contribution in [0.2, 0.25) is 0 Å². The lowest BCUT2D eigenvalue weighted by Crippen LogP contribution is -2.25. The SMILES string of the molecule is CC(C)(C)C1=NCCO1.CC(C)(C)C1CC=NO1. The van der Waals surface area contributed by atoms with E-state index in [1.807, 2.05) is 6.21 Å². The fraction of sp³-hybridized carbons (Fsp3) is 0.857. The second-order valence-electron chi connectivity index (χ2n) is 6.77. The van der Waals surface area contributed by atoms with E-state index in [-0.39, 0.29) is 16.9 Å². The zero-order valence-electron chi connectivity index (χ0n) is 12.5. The van der Waals surface area contributed by atoms with E-state index < -0.39 is 0 Å². The average molecular weight is 254 g/mol. The van der Waals surface area contributed by atoms with Crippen molar-refractivity contribution in [2.24, 2.45) is 21.0 Å². The summed E-state index contributed by atoms with van der Waals surface area (Å²) in [4.78, 5) is 9.29. The first-order valence-corrected chi connectivity index (χ1v) is 6.56. The van der Waals surface area contributed by atoms with Crippen molar-refractivity contribution in [1.29, 1.82) is 0 Å². The van der Waals surface area contributed by atoms with Crippen LogP contribution in [-0.4, -0.2) is 31.4 Å². The van der Waals surface area contributed by atoms with E-state index in [9.17, 15) is 0 Å². The van der Waals surface area contributed by atoms with Gasteiger partial charge in [0.2, 0.25) is 0 Å². The van der Waals surface area contributed by atoms with Crippen LogP contribution in [0.3, 0.4) is 0 Å². The lowest BCUT2D eigenvalue weighted by molar-refractivity contribution is 0.00831. The molecule has 4 heteroatoms. The van der Waals surface area contributed by atoms with Gasteiger partial charge in [-0.05, 0) is 0 Å². The molecule has 0 saturated carbocycles. The highest BCUT2D eigenvalue weighted by atomic mass is 16.6. The molecule has 0 aromatic heterocycles. The van der Waals surface area contributed by atoms with Crippen molar-refractivity contribution in [3.05, 3.63) is 0 Å². The number of hydrogen-bond donors (Lipinski definition) is 0. The summed E-state index contributed by atoms with van der Waals surface area (Å²) in [6, 6.07) is 0. The average Bonchev–Trinajstić information content (AvgIpc) is 2.91. The van der Waals surface area contributed by atoms with Crippen LogP contribution in [-0.2, 0) is 9.57 Å². The molecule has 0 bridgehead atoms. The lowest BCUT2D eigenvalue weighted by Gasteiger charge is -2.23. The molecule has 0 N–H and O–H groups in total. The molecule has 0 spiro atoms. The minimum atomic E-state index is 0.108. The van der Waals surface area contributed by atoms with Gasteiger partial charge in [-0.3, -0.25) is 4.99 Å². The van der Waals surface area contributed by atoms with Gasteiger partial charge in [0, 0.05) is 23.5 Å². The van der Waals surface area contributed by atoms with E-state index in [1.165, 1.54) is 0 Å². The van der Waals surface area contributed by atoms with Gasteiger partial charge in [0.1, 0.15) is 12.7 Å². The van der Waals surface area contributed by atoms with Gasteiger partial charge < -0.3 is 9.57 Å². The topological polar surface area (TPSA) is 43.2 Å². The van der Waals surface area contributed by atoms with E-state index in [0.717, 1.165) is 25.5 Å². The molecule has 18 heavy (non-hydrogen) atoms. The van der Waals surface area contributed by atoms with Gasteiger partial charge in [0.15, 0.2) is 5.90 Å². The van der Waals surface area contributed by atoms with E-state index in [0.29, 0.717) is 0 Å². The normalized spacial score (nSPS) is 22.8. The minimum Gasteiger partial charge on any atom is -0.479 e. The number of oxime groups is 1. The Labute approximate surface area is 110 Å². The van der Waals surface area contributed by atoms with Crippen molar-refractivity contribution in [3.63, 3.8) is 0 Å². The molecule has 2 aliphatic rings. The van der Waals surface area contributed by atoms with Gasteiger partial charge in [-0.25, -0.2) is 0 Å². The third-order valence-corrected chi connectivity index (χ3v) is 2.78. The monoisotopic (exact) mass is 254 g/mol. The Morgan fingerprint density at radius 1 is 1.17 bits per heavy atom. The molecule has 0 fully saturated rings. The van der Waals surface area contributed by atoms with Crippen LogP contribution in [0.5, 0.6) is 0 Å². The van der Waals surface area contributed by atoms with Crippen molar-refractivity contribution in [2.45, 2.75) is 54.1 Å². The summed E-state index contributed by atoms with van der Waals surface area (Å²) in [5, 5.41) is 3.71. The predicted molar refractivity (Wildman–Crippen MR) is 75.1 cm³/mol. The Morgan fingerprint density at radius 2 is 1.83 bits per heavy atom. The third kappa shape index (κ3) is 4.67. The van der Waals surface area contributed by atoms with E-state index in [1.54, 1.807) is 0 Å². The summed E-state index contributed by atoms with van der Waals surface area (Å²) in [6.07, 6.45) is 3.08. The van der Waals surface area contributed by atoms with Crippen molar-refractivity contribution in [1.82, 2.24) is 0 Å². The van der Waals surface area contributed by atoms with Crippen molar-refractivity contribution in [3.8, 4) is 0 Å². The molecule has 1 unspecified atom stereocenters. The molecule has 1 atom stereocenters. The van der Waals surface area contributed by atoms with Gasteiger partial charge in [-0.15, -0.1) is 0 Å². The molecule has 0 saturated heterocycles. The summed E-state index contributed by atoms with van der Waals surface area (Å²) >= 11 is 0. The van der Waals surface area contributed by atoms with Crippen LogP contribution >= 0.6 is 0 Å². The van der Waals surface area contributed by atoms with E-state index >= 15 is 0 Å². The molecular weight excluding hydrogens is 228 g/mol. The number of nitrogens with zero attached hydrogens (tertiary/aromatic N) is 2. The minimum absolute atomic E-state index is 0.108. The van der Waals surface area contributed by atoms with Crippen LogP contribution < -0.4 is 0 Å². The zero-order valence-corrected chi connectivity index (χ0v) is 12.5. The van der Waals surface area contributed by atoms with E-state index in [4.69, 9.17) is 9.57 Å². The maximum Gasteiger partial charge on any atom is 0.188 e. The maximum absolute atomic E-state index is 5.27. The Balaban J connectivity index is 0.000000180. The quantitative estimate of drug-likeness (QED) is 0.666. The van der Waals surface area contributed by atoms with Gasteiger partial charge in [-0.2, -0.15) is 0 Å². The number of aliphatic imine (C=N–C) groups is 1. The molecule has 4 nitrogen and oxygen atoms in total. The lowest BCUT2D eigenvalue weighted by atomic mass is 9.88. The molecule has 0 aliphatic carbocycles. The third-order valence-electron chi connectivity index (χ3n) is 2.78. The number of hydrogen-bond acceptors (Lipinski definition) is 4. The number of ether oxygens (including phenoxy) is 1. The fourth-order valence-electron chi connectivity index (χ4n) is 1.60. The molecule has 104 valence electrons. The van der Waals surface area contributed by atoms with Gasteiger partial charge >= 0.3 is 0 Å². The van der Waals surface area contributed by atoms with Gasteiger partial charge in [-0.1, -0.05) is 46.7 Å². The molecular formula is C14H26N2O2.